The molecule has 2 amide bonds. The Bertz CT molecular complexity index is 838. The van der Waals surface area contributed by atoms with Gasteiger partial charge in [-0.2, -0.15) is 0 Å². The molecule has 0 aliphatic carbocycles. The molecule has 1 heterocycles. The smallest absolute Gasteiger partial charge is 0.321 e. The highest BCUT2D eigenvalue weighted by molar-refractivity contribution is 14.0. The zero-order valence-corrected chi connectivity index (χ0v) is 20.2. The van der Waals surface area contributed by atoms with Crippen LogP contribution in [0, 0.1) is 0 Å². The van der Waals surface area contributed by atoms with Crippen molar-refractivity contribution in [1.29, 1.82) is 0 Å². The minimum Gasteiger partial charge on any atom is -0.356 e. The van der Waals surface area contributed by atoms with E-state index in [-0.39, 0.29) is 30.0 Å². The van der Waals surface area contributed by atoms with E-state index in [1.165, 1.54) is 5.56 Å². The Kier molecular flexibility index (Phi) is 10.2. The van der Waals surface area contributed by atoms with Gasteiger partial charge < -0.3 is 20.9 Å². The normalized spacial score (nSPS) is 13.5. The summed E-state index contributed by atoms with van der Waals surface area (Å²) in [5.41, 5.74) is 3.11. The van der Waals surface area contributed by atoms with Crippen molar-refractivity contribution in [3.05, 3.63) is 64.7 Å². The predicted octanol–water partition coefficient (Wildman–Crippen LogP) is 4.49. The Hall–Kier alpha value is -2.00. The zero-order valence-electron chi connectivity index (χ0n) is 17.2. The van der Waals surface area contributed by atoms with Crippen LogP contribution in [0.25, 0.3) is 0 Å². The Balaban J connectivity index is 0.00000320. The maximum atomic E-state index is 12.3. The van der Waals surface area contributed by atoms with E-state index in [0.29, 0.717) is 6.54 Å². The number of amides is 2. The lowest BCUT2D eigenvalue weighted by Gasteiger charge is -2.17. The Morgan fingerprint density at radius 3 is 2.50 bits per heavy atom. The van der Waals surface area contributed by atoms with Gasteiger partial charge in [0, 0.05) is 43.9 Å². The molecule has 0 unspecified atom stereocenters. The van der Waals surface area contributed by atoms with Gasteiger partial charge in [0.1, 0.15) is 0 Å². The Morgan fingerprint density at radius 2 is 1.80 bits per heavy atom. The fourth-order valence-electron chi connectivity index (χ4n) is 3.26. The molecule has 1 fully saturated rings. The maximum Gasteiger partial charge on any atom is 0.321 e. The van der Waals surface area contributed by atoms with E-state index in [9.17, 15) is 4.79 Å². The van der Waals surface area contributed by atoms with Gasteiger partial charge in [0.25, 0.3) is 0 Å². The average Bonchev–Trinajstić information content (AvgIpc) is 3.27. The van der Waals surface area contributed by atoms with Gasteiger partial charge in [0.2, 0.25) is 0 Å². The summed E-state index contributed by atoms with van der Waals surface area (Å²) in [5, 5.41) is 10.4. The average molecular weight is 542 g/mol. The number of urea groups is 1. The first-order valence-electron chi connectivity index (χ1n) is 9.98. The number of nitrogens with zero attached hydrogens (tertiary/aromatic N) is 2. The highest BCUT2D eigenvalue weighted by atomic mass is 127. The van der Waals surface area contributed by atoms with Crippen LogP contribution in [0.4, 0.5) is 10.5 Å². The summed E-state index contributed by atoms with van der Waals surface area (Å²) >= 11 is 5.92. The summed E-state index contributed by atoms with van der Waals surface area (Å²) in [6.45, 7) is 3.07. The number of hydrogen-bond acceptors (Lipinski definition) is 2. The third kappa shape index (κ3) is 7.68. The summed E-state index contributed by atoms with van der Waals surface area (Å²) in [4.78, 5) is 18.4. The first-order valence-corrected chi connectivity index (χ1v) is 10.4. The van der Waals surface area contributed by atoms with Crippen molar-refractivity contribution in [2.24, 2.45) is 4.99 Å². The second-order valence-electron chi connectivity index (χ2n) is 7.05. The fourth-order valence-corrected chi connectivity index (χ4v) is 3.39. The lowest BCUT2D eigenvalue weighted by atomic mass is 10.1. The topological polar surface area (TPSA) is 68.8 Å². The zero-order chi connectivity index (χ0) is 20.5. The number of guanidine groups is 1. The predicted molar refractivity (Wildman–Crippen MR) is 135 cm³/mol. The van der Waals surface area contributed by atoms with Gasteiger partial charge in [0.15, 0.2) is 5.96 Å². The van der Waals surface area contributed by atoms with E-state index in [1.807, 2.05) is 53.4 Å². The van der Waals surface area contributed by atoms with Crippen LogP contribution in [0.1, 0.15) is 24.0 Å². The van der Waals surface area contributed by atoms with Crippen molar-refractivity contribution < 1.29 is 4.79 Å². The molecule has 2 aromatic carbocycles. The first-order chi connectivity index (χ1) is 14.1. The van der Waals surface area contributed by atoms with Crippen LogP contribution < -0.4 is 16.0 Å². The summed E-state index contributed by atoms with van der Waals surface area (Å²) in [6.07, 6.45) is 3.05. The van der Waals surface area contributed by atoms with Crippen molar-refractivity contribution >= 4 is 53.3 Å². The number of rotatable bonds is 6. The van der Waals surface area contributed by atoms with E-state index in [4.69, 9.17) is 11.6 Å². The second-order valence-corrected chi connectivity index (χ2v) is 7.49. The number of likely N-dealkylation sites (tertiary alicyclic amines) is 1. The number of carbonyl (C=O) groups is 1. The molecule has 2 aromatic rings. The highest BCUT2D eigenvalue weighted by Gasteiger charge is 2.17. The van der Waals surface area contributed by atoms with Gasteiger partial charge in [-0.1, -0.05) is 35.9 Å². The molecule has 0 radical (unpaired) electrons. The molecule has 0 spiro atoms. The number of carbonyl (C=O) groups excluding carboxylic acids is 1. The number of hydrogen-bond donors (Lipinski definition) is 3. The molecule has 1 aliphatic rings. The Morgan fingerprint density at radius 1 is 1.07 bits per heavy atom. The van der Waals surface area contributed by atoms with E-state index in [2.05, 4.69) is 20.9 Å². The molecule has 0 atom stereocenters. The largest absolute Gasteiger partial charge is 0.356 e. The van der Waals surface area contributed by atoms with Crippen LogP contribution in [-0.2, 0) is 13.0 Å². The van der Waals surface area contributed by atoms with Crippen LogP contribution >= 0.6 is 35.6 Å². The van der Waals surface area contributed by atoms with Crippen molar-refractivity contribution in [1.82, 2.24) is 15.5 Å². The van der Waals surface area contributed by atoms with Gasteiger partial charge in [-0.05, 0) is 54.7 Å². The van der Waals surface area contributed by atoms with E-state index >= 15 is 0 Å². The Labute approximate surface area is 200 Å². The van der Waals surface area contributed by atoms with Crippen LogP contribution in [0.2, 0.25) is 5.02 Å². The number of aliphatic imine (C=N–C) groups is 1. The van der Waals surface area contributed by atoms with Crippen LogP contribution in [0.5, 0.6) is 0 Å². The third-order valence-electron chi connectivity index (χ3n) is 4.87. The number of nitrogens with one attached hydrogen (secondary N) is 3. The quantitative estimate of drug-likeness (QED) is 0.287. The monoisotopic (exact) mass is 541 g/mol. The van der Waals surface area contributed by atoms with Gasteiger partial charge >= 0.3 is 6.03 Å². The molecule has 1 saturated heterocycles. The molecule has 0 saturated carbocycles. The molecule has 162 valence electrons. The van der Waals surface area contributed by atoms with E-state index in [0.717, 1.165) is 61.1 Å². The van der Waals surface area contributed by atoms with Gasteiger partial charge in [0.05, 0.1) is 0 Å². The third-order valence-corrected chi connectivity index (χ3v) is 5.13. The molecule has 0 aromatic heterocycles. The summed E-state index contributed by atoms with van der Waals surface area (Å²) < 4.78 is 0. The lowest BCUT2D eigenvalue weighted by Crippen LogP contribution is -2.37. The molecule has 3 N–H and O–H groups in total. The number of benzene rings is 2. The minimum atomic E-state index is -0.0210. The molecule has 3 rings (SSSR count). The second kappa shape index (κ2) is 12.6. The molecule has 6 nitrogen and oxygen atoms in total. The van der Waals surface area contributed by atoms with Crippen molar-refractivity contribution in [2.45, 2.75) is 25.8 Å². The van der Waals surface area contributed by atoms with E-state index < -0.39 is 0 Å². The maximum absolute atomic E-state index is 12.3. The summed E-state index contributed by atoms with van der Waals surface area (Å²) in [5.74, 6) is 0.741. The molecule has 8 heteroatoms. The standard InChI is InChI=1S/C22H28ClN5O.HI/c1-24-21(25-12-11-17-7-9-19(23)10-8-17)26-16-18-5-4-6-20(15-18)27-22(29)28-13-2-3-14-28;/h4-10,15H,2-3,11-14,16H2,1H3,(H,27,29)(H2,24,25,26);1H. The summed E-state index contributed by atoms with van der Waals surface area (Å²) in [7, 11) is 1.75. The first kappa shape index (κ1) is 24.3. The van der Waals surface area contributed by atoms with Gasteiger partial charge in [-0.3, -0.25) is 4.99 Å². The van der Waals surface area contributed by atoms with Crippen LogP contribution in [0.3, 0.4) is 0 Å². The van der Waals surface area contributed by atoms with Crippen LogP contribution in [-0.4, -0.2) is 43.6 Å². The number of halogens is 2. The minimum absolute atomic E-state index is 0. The molecular formula is C22H29ClIN5O. The van der Waals surface area contributed by atoms with Gasteiger partial charge in [-0.15, -0.1) is 24.0 Å². The van der Waals surface area contributed by atoms with Crippen LogP contribution in [0.15, 0.2) is 53.5 Å². The van der Waals surface area contributed by atoms with E-state index in [1.54, 1.807) is 7.05 Å². The molecule has 30 heavy (non-hydrogen) atoms. The van der Waals surface area contributed by atoms with Crippen molar-refractivity contribution in [3.63, 3.8) is 0 Å². The lowest BCUT2D eigenvalue weighted by molar-refractivity contribution is 0.222. The van der Waals surface area contributed by atoms with Crippen molar-refractivity contribution in [3.8, 4) is 0 Å². The summed E-state index contributed by atoms with van der Waals surface area (Å²) in [6, 6.07) is 15.7. The number of anilines is 1. The SMILES string of the molecule is CN=C(NCCc1ccc(Cl)cc1)NCc1cccc(NC(=O)N2CCCC2)c1.I. The molecular weight excluding hydrogens is 513 g/mol. The fraction of sp³-hybridized carbons (Fsp3) is 0.364. The highest BCUT2D eigenvalue weighted by Crippen LogP contribution is 2.14. The van der Waals surface area contributed by atoms with Gasteiger partial charge in [-0.25, -0.2) is 4.79 Å². The molecule has 0 bridgehead atoms. The molecule has 1 aliphatic heterocycles. The van der Waals surface area contributed by atoms with Crippen molar-refractivity contribution in [2.75, 3.05) is 32.0 Å².